The minimum absolute atomic E-state index is 0.0524. The monoisotopic (exact) mass is 448 g/mol. The number of aliphatic hydroxyl groups excluding tert-OH is 2. The van der Waals surface area contributed by atoms with Crippen molar-refractivity contribution >= 4 is 11.7 Å². The fraction of sp³-hybridized carbons (Fsp3) is 0.478. The van der Waals surface area contributed by atoms with E-state index in [0.717, 1.165) is 18.9 Å². The lowest BCUT2D eigenvalue weighted by atomic mass is 9.64. The van der Waals surface area contributed by atoms with E-state index >= 15 is 0 Å². The first-order chi connectivity index (χ1) is 15.1. The van der Waals surface area contributed by atoms with Gasteiger partial charge in [0.2, 0.25) is 0 Å². The van der Waals surface area contributed by atoms with Crippen LogP contribution in [0.25, 0.3) is 0 Å². The SMILES string of the molecule is CC1(C)C(=O)C2=C(O)C(O)C(C(=O)NCc3ccc(F)cc3F)=CN2CC12CCCCO2. The number of ketones is 1. The van der Waals surface area contributed by atoms with Crippen LogP contribution in [0.4, 0.5) is 8.78 Å². The van der Waals surface area contributed by atoms with E-state index in [4.69, 9.17) is 4.74 Å². The van der Waals surface area contributed by atoms with E-state index in [9.17, 15) is 28.6 Å². The number of rotatable bonds is 3. The molecule has 0 bridgehead atoms. The Bertz CT molecular complexity index is 1030. The Kier molecular flexibility index (Phi) is 5.58. The molecule has 2 atom stereocenters. The Balaban J connectivity index is 1.60. The largest absolute Gasteiger partial charge is 0.507 e. The summed E-state index contributed by atoms with van der Waals surface area (Å²) in [5.41, 5.74) is -1.89. The lowest BCUT2D eigenvalue weighted by Crippen LogP contribution is -2.64. The summed E-state index contributed by atoms with van der Waals surface area (Å²) < 4.78 is 33.0. The van der Waals surface area contributed by atoms with Crippen LogP contribution < -0.4 is 5.32 Å². The van der Waals surface area contributed by atoms with Crippen LogP contribution in [0.1, 0.15) is 38.7 Å². The zero-order chi connectivity index (χ0) is 23.3. The molecular weight excluding hydrogens is 422 g/mol. The highest BCUT2D eigenvalue weighted by Gasteiger charge is 2.59. The number of amides is 1. The Morgan fingerprint density at radius 2 is 2.06 bits per heavy atom. The van der Waals surface area contributed by atoms with E-state index in [1.165, 1.54) is 17.2 Å². The summed E-state index contributed by atoms with van der Waals surface area (Å²) in [5, 5.41) is 23.7. The second-order valence-electron chi connectivity index (χ2n) is 9.02. The van der Waals surface area contributed by atoms with Crippen molar-refractivity contribution in [3.8, 4) is 0 Å². The first-order valence-corrected chi connectivity index (χ1v) is 10.6. The highest BCUT2D eigenvalue weighted by molar-refractivity contribution is 6.03. The Morgan fingerprint density at radius 1 is 1.31 bits per heavy atom. The molecule has 9 heteroatoms. The molecule has 0 aliphatic carbocycles. The molecule has 3 aliphatic rings. The van der Waals surface area contributed by atoms with E-state index in [2.05, 4.69) is 5.32 Å². The average molecular weight is 448 g/mol. The van der Waals surface area contributed by atoms with Crippen LogP contribution in [-0.4, -0.2) is 51.7 Å². The maximum atomic E-state index is 13.9. The molecule has 0 saturated carbocycles. The quantitative estimate of drug-likeness (QED) is 0.657. The number of nitrogens with zero attached hydrogens (tertiary/aromatic N) is 1. The third-order valence-corrected chi connectivity index (χ3v) is 6.80. The van der Waals surface area contributed by atoms with Crippen LogP contribution in [-0.2, 0) is 20.9 Å². The van der Waals surface area contributed by atoms with Crippen molar-refractivity contribution in [2.45, 2.75) is 51.4 Å². The average Bonchev–Trinajstić information content (AvgIpc) is 2.75. The number of allylic oxidation sites excluding steroid dienone is 1. The van der Waals surface area contributed by atoms with Crippen molar-refractivity contribution < 1.29 is 33.3 Å². The number of benzene rings is 1. The molecule has 7 nitrogen and oxygen atoms in total. The number of nitrogens with one attached hydrogen (secondary N) is 1. The van der Waals surface area contributed by atoms with Crippen LogP contribution in [0, 0.1) is 17.0 Å². The number of fused-ring (bicyclic) bond motifs is 1. The van der Waals surface area contributed by atoms with Gasteiger partial charge in [-0.2, -0.15) is 0 Å². The Labute approximate surface area is 184 Å². The van der Waals surface area contributed by atoms with Gasteiger partial charge in [-0.25, -0.2) is 8.78 Å². The predicted octanol–water partition coefficient (Wildman–Crippen LogP) is 2.46. The van der Waals surface area contributed by atoms with Gasteiger partial charge in [-0.15, -0.1) is 0 Å². The normalized spacial score (nSPS) is 27.3. The van der Waals surface area contributed by atoms with Crippen molar-refractivity contribution in [3.05, 3.63) is 58.6 Å². The maximum absolute atomic E-state index is 13.9. The smallest absolute Gasteiger partial charge is 0.252 e. The van der Waals surface area contributed by atoms with Gasteiger partial charge in [-0.3, -0.25) is 9.59 Å². The number of hydrogen-bond acceptors (Lipinski definition) is 6. The fourth-order valence-electron chi connectivity index (χ4n) is 4.67. The van der Waals surface area contributed by atoms with Gasteiger partial charge < -0.3 is 25.2 Å². The molecule has 4 rings (SSSR count). The molecule has 3 N–H and O–H groups in total. The molecule has 1 aromatic rings. The molecule has 32 heavy (non-hydrogen) atoms. The van der Waals surface area contributed by atoms with Crippen molar-refractivity contribution in [2.75, 3.05) is 13.2 Å². The van der Waals surface area contributed by atoms with Crippen molar-refractivity contribution in [3.63, 3.8) is 0 Å². The second kappa shape index (κ2) is 7.97. The lowest BCUT2D eigenvalue weighted by Gasteiger charge is -2.54. The van der Waals surface area contributed by atoms with E-state index in [0.29, 0.717) is 19.1 Å². The topological polar surface area (TPSA) is 99.1 Å². The number of carbonyl (C=O) groups excluding carboxylic acids is 2. The van der Waals surface area contributed by atoms with Gasteiger partial charge in [-0.1, -0.05) is 6.07 Å². The molecule has 2 fully saturated rings. The summed E-state index contributed by atoms with van der Waals surface area (Å²) in [7, 11) is 0. The Hall–Kier alpha value is -2.78. The minimum Gasteiger partial charge on any atom is -0.507 e. The van der Waals surface area contributed by atoms with Crippen LogP contribution in [0.2, 0.25) is 0 Å². The first kappa shape index (κ1) is 22.4. The molecule has 172 valence electrons. The number of carbonyl (C=O) groups is 2. The Morgan fingerprint density at radius 3 is 2.72 bits per heavy atom. The van der Waals surface area contributed by atoms with Gasteiger partial charge in [0.1, 0.15) is 23.4 Å². The van der Waals surface area contributed by atoms with Crippen LogP contribution in [0.5, 0.6) is 0 Å². The number of ether oxygens (including phenoxy) is 1. The predicted molar refractivity (Wildman–Crippen MR) is 110 cm³/mol. The molecule has 0 aromatic heterocycles. The summed E-state index contributed by atoms with van der Waals surface area (Å²) in [6, 6.07) is 2.99. The van der Waals surface area contributed by atoms with Crippen molar-refractivity contribution in [2.24, 2.45) is 5.41 Å². The van der Waals surface area contributed by atoms with Crippen molar-refractivity contribution in [1.82, 2.24) is 10.2 Å². The molecule has 2 unspecified atom stereocenters. The van der Waals surface area contributed by atoms with Gasteiger partial charge in [0.05, 0.1) is 23.1 Å². The summed E-state index contributed by atoms with van der Waals surface area (Å²) >= 11 is 0. The fourth-order valence-corrected chi connectivity index (χ4v) is 4.67. The summed E-state index contributed by atoms with van der Waals surface area (Å²) in [5.74, 6) is -3.26. The number of piperidine rings is 1. The number of hydrogen-bond donors (Lipinski definition) is 3. The third-order valence-electron chi connectivity index (χ3n) is 6.80. The van der Waals surface area contributed by atoms with Gasteiger partial charge in [0.25, 0.3) is 5.91 Å². The zero-order valence-electron chi connectivity index (χ0n) is 18.0. The van der Waals surface area contributed by atoms with Gasteiger partial charge >= 0.3 is 0 Å². The molecule has 1 aromatic carbocycles. The standard InChI is InChI=1S/C23H26F2N2O5/c1-22(2)20(30)17-19(29)18(28)15(11-27(17)12-23(22)7-3-4-8-32-23)21(31)26-10-13-5-6-14(24)9-16(13)25/h5-6,9,11,18,28-29H,3-4,7-8,10,12H2,1-2H3,(H,26,31). The van der Waals surface area contributed by atoms with Gasteiger partial charge in [-0.05, 0) is 39.2 Å². The number of Topliss-reactive ketones (excluding diaryl/α,β-unsaturated/α-hetero) is 1. The highest BCUT2D eigenvalue weighted by atomic mass is 19.1. The second-order valence-corrected chi connectivity index (χ2v) is 9.02. The minimum atomic E-state index is -1.71. The summed E-state index contributed by atoms with van der Waals surface area (Å²) in [6.07, 6.45) is 2.06. The van der Waals surface area contributed by atoms with Crippen LogP contribution >= 0.6 is 0 Å². The molecule has 3 heterocycles. The zero-order valence-corrected chi connectivity index (χ0v) is 18.0. The highest BCUT2D eigenvalue weighted by Crippen LogP contribution is 2.49. The van der Waals surface area contributed by atoms with E-state index in [1.54, 1.807) is 13.8 Å². The van der Waals surface area contributed by atoms with E-state index < -0.39 is 40.4 Å². The summed E-state index contributed by atoms with van der Waals surface area (Å²) in [4.78, 5) is 27.5. The van der Waals surface area contributed by atoms with Crippen molar-refractivity contribution in [1.29, 1.82) is 0 Å². The molecular formula is C23H26F2N2O5. The summed E-state index contributed by atoms with van der Waals surface area (Å²) in [6.45, 7) is 4.05. The van der Waals surface area contributed by atoms with Gasteiger partial charge in [0, 0.05) is 31.0 Å². The molecule has 2 saturated heterocycles. The molecule has 0 radical (unpaired) electrons. The van der Waals surface area contributed by atoms with Gasteiger partial charge in [0.15, 0.2) is 11.5 Å². The first-order valence-electron chi connectivity index (χ1n) is 10.6. The number of aliphatic hydroxyl groups is 2. The molecule has 1 spiro atoms. The third kappa shape index (κ3) is 3.49. The maximum Gasteiger partial charge on any atom is 0.252 e. The van der Waals surface area contributed by atoms with E-state index in [1.807, 2.05) is 0 Å². The van der Waals surface area contributed by atoms with Crippen LogP contribution in [0.15, 0.2) is 41.4 Å². The molecule has 3 aliphatic heterocycles. The van der Waals surface area contributed by atoms with E-state index in [-0.39, 0.29) is 35.7 Å². The number of halogens is 2. The van der Waals surface area contributed by atoms with Crippen LogP contribution in [0.3, 0.4) is 0 Å². The lowest BCUT2D eigenvalue weighted by molar-refractivity contribution is -0.180. The molecule has 1 amide bonds.